The zero-order valence-corrected chi connectivity index (χ0v) is 11.4. The lowest BCUT2D eigenvalue weighted by atomic mass is 10.3. The highest BCUT2D eigenvalue weighted by atomic mass is 79.9. The van der Waals surface area contributed by atoms with Crippen LogP contribution in [-0.4, -0.2) is 22.9 Å². The fraction of sp³-hybridized carbons (Fsp3) is 0.0833. The topological polar surface area (TPSA) is 84.2 Å². The van der Waals surface area contributed by atoms with Crippen LogP contribution in [0.2, 0.25) is 0 Å². The lowest BCUT2D eigenvalue weighted by Crippen LogP contribution is -2.27. The summed E-state index contributed by atoms with van der Waals surface area (Å²) in [6, 6.07) is 8.45. The van der Waals surface area contributed by atoms with Crippen LogP contribution in [0.1, 0.15) is 10.5 Å². The molecule has 1 aromatic carbocycles. The Morgan fingerprint density at radius 1 is 1.37 bits per heavy atom. The number of esters is 1. The van der Waals surface area contributed by atoms with Gasteiger partial charge in [-0.05, 0) is 28.1 Å². The molecule has 1 heterocycles. The zero-order chi connectivity index (χ0) is 14.0. The quantitative estimate of drug-likeness (QED) is 0.765. The fourth-order valence-corrected chi connectivity index (χ4v) is 1.82. The molecule has 0 fully saturated rings. The van der Waals surface area contributed by atoms with E-state index in [1.54, 1.807) is 30.3 Å². The van der Waals surface area contributed by atoms with Crippen molar-refractivity contribution < 1.29 is 14.6 Å². The Kier molecular flexibility index (Phi) is 3.66. The molecule has 0 radical (unpaired) electrons. The van der Waals surface area contributed by atoms with Crippen molar-refractivity contribution in [2.75, 3.05) is 7.11 Å². The fourth-order valence-electron chi connectivity index (χ4n) is 1.46. The van der Waals surface area contributed by atoms with Crippen LogP contribution in [0.3, 0.4) is 0 Å². The Morgan fingerprint density at radius 3 is 2.58 bits per heavy atom. The molecule has 7 heteroatoms. The molecule has 0 aliphatic heterocycles. The summed E-state index contributed by atoms with van der Waals surface area (Å²) in [5.41, 5.74) is -0.639. The predicted molar refractivity (Wildman–Crippen MR) is 68.3 cm³/mol. The molecule has 0 N–H and O–H groups in total. The third-order valence-corrected chi connectivity index (χ3v) is 3.07. The molecule has 0 aliphatic rings. The highest BCUT2D eigenvalue weighted by Crippen LogP contribution is 2.20. The minimum absolute atomic E-state index is 0.258. The second-order valence-electron chi connectivity index (χ2n) is 3.54. The number of hydrogen-bond acceptors (Lipinski definition) is 5. The number of ether oxygens (including phenoxy) is 1. The van der Waals surface area contributed by atoms with Crippen LogP contribution < -0.4 is 10.7 Å². The van der Waals surface area contributed by atoms with Gasteiger partial charge in [-0.15, -0.1) is 0 Å². The number of hydrogen-bond donors (Lipinski definition) is 0. The molecule has 0 amide bonds. The number of rotatable bonds is 2. The molecule has 0 aliphatic carbocycles. The zero-order valence-electron chi connectivity index (χ0n) is 9.79. The molecule has 0 spiro atoms. The number of halogens is 1. The van der Waals surface area contributed by atoms with Crippen LogP contribution >= 0.6 is 15.9 Å². The minimum Gasteiger partial charge on any atom is -0.870 e. The van der Waals surface area contributed by atoms with E-state index in [0.29, 0.717) is 5.69 Å². The van der Waals surface area contributed by atoms with Crippen LogP contribution in [0.25, 0.3) is 5.69 Å². The van der Waals surface area contributed by atoms with E-state index in [1.807, 2.05) is 0 Å². The van der Waals surface area contributed by atoms with Gasteiger partial charge in [-0.1, -0.05) is 23.9 Å². The summed E-state index contributed by atoms with van der Waals surface area (Å²) in [6.45, 7) is 0. The van der Waals surface area contributed by atoms with Gasteiger partial charge < -0.3 is 9.84 Å². The molecular formula is C12H8BrN2O4-. The summed E-state index contributed by atoms with van der Waals surface area (Å²) in [6.07, 6.45) is 0. The van der Waals surface area contributed by atoms with Crippen LogP contribution in [-0.2, 0) is 4.74 Å². The summed E-state index contributed by atoms with van der Waals surface area (Å²) in [5, 5.41) is 15.5. The predicted octanol–water partition coefficient (Wildman–Crippen LogP) is 0.855. The van der Waals surface area contributed by atoms with E-state index < -0.39 is 23.0 Å². The van der Waals surface area contributed by atoms with Crippen molar-refractivity contribution >= 4 is 21.9 Å². The first-order chi connectivity index (χ1) is 9.06. The van der Waals surface area contributed by atoms with Crippen molar-refractivity contribution in [3.05, 3.63) is 50.9 Å². The molecule has 2 aromatic rings. The van der Waals surface area contributed by atoms with Gasteiger partial charge in [0.05, 0.1) is 17.3 Å². The van der Waals surface area contributed by atoms with Gasteiger partial charge in [-0.2, -0.15) is 9.78 Å². The third kappa shape index (κ3) is 2.37. The van der Waals surface area contributed by atoms with Gasteiger partial charge >= 0.3 is 5.97 Å². The Morgan fingerprint density at radius 2 is 2.00 bits per heavy atom. The third-order valence-electron chi connectivity index (χ3n) is 2.37. The van der Waals surface area contributed by atoms with E-state index in [-0.39, 0.29) is 4.47 Å². The molecule has 0 saturated carbocycles. The van der Waals surface area contributed by atoms with Crippen LogP contribution in [0.4, 0.5) is 0 Å². The van der Waals surface area contributed by atoms with Gasteiger partial charge in [-0.25, -0.2) is 4.79 Å². The van der Waals surface area contributed by atoms with E-state index in [0.717, 1.165) is 11.8 Å². The van der Waals surface area contributed by atoms with Crippen molar-refractivity contribution in [1.29, 1.82) is 0 Å². The first kappa shape index (κ1) is 13.3. The molecular weight excluding hydrogens is 316 g/mol. The summed E-state index contributed by atoms with van der Waals surface area (Å²) in [7, 11) is 1.13. The molecule has 0 atom stereocenters. The second kappa shape index (κ2) is 5.23. The number of nitrogens with zero attached hydrogens (tertiary/aromatic N) is 2. The molecule has 19 heavy (non-hydrogen) atoms. The highest BCUT2D eigenvalue weighted by Gasteiger charge is 2.16. The molecule has 98 valence electrons. The number of para-hydroxylation sites is 1. The maximum Gasteiger partial charge on any atom is 0.357 e. The van der Waals surface area contributed by atoms with E-state index in [1.165, 1.54) is 0 Å². The van der Waals surface area contributed by atoms with Crippen molar-refractivity contribution in [3.63, 3.8) is 0 Å². The second-order valence-corrected chi connectivity index (χ2v) is 4.33. The maximum absolute atomic E-state index is 12.0. The van der Waals surface area contributed by atoms with Gasteiger partial charge in [0.25, 0.3) is 5.56 Å². The highest BCUT2D eigenvalue weighted by molar-refractivity contribution is 9.10. The SMILES string of the molecule is COC(=O)c1nn(-c2ccccc2)c(=O)c(Br)c1[O-]. The number of benzene rings is 1. The maximum atomic E-state index is 12.0. The van der Waals surface area contributed by atoms with Crippen LogP contribution in [0, 0.1) is 0 Å². The van der Waals surface area contributed by atoms with Crippen LogP contribution in [0.15, 0.2) is 39.6 Å². The lowest BCUT2D eigenvalue weighted by Gasteiger charge is -2.15. The Balaban J connectivity index is 2.73. The van der Waals surface area contributed by atoms with E-state index in [2.05, 4.69) is 25.8 Å². The Hall–Kier alpha value is -2.15. The number of carbonyl (C=O) groups is 1. The van der Waals surface area contributed by atoms with Crippen molar-refractivity contribution in [2.45, 2.75) is 0 Å². The van der Waals surface area contributed by atoms with E-state index in [9.17, 15) is 14.7 Å². The largest absolute Gasteiger partial charge is 0.870 e. The minimum atomic E-state index is -0.893. The molecule has 0 saturated heterocycles. The number of carbonyl (C=O) groups excluding carboxylic acids is 1. The van der Waals surface area contributed by atoms with Gasteiger partial charge in [0.15, 0.2) is 5.69 Å². The van der Waals surface area contributed by atoms with Gasteiger partial charge in [-0.3, -0.25) is 4.79 Å². The van der Waals surface area contributed by atoms with Crippen molar-refractivity contribution in [3.8, 4) is 11.4 Å². The lowest BCUT2D eigenvalue weighted by molar-refractivity contribution is -0.270. The Labute approximate surface area is 116 Å². The van der Waals surface area contributed by atoms with Gasteiger partial charge in [0.1, 0.15) is 0 Å². The molecule has 6 nitrogen and oxygen atoms in total. The molecule has 0 bridgehead atoms. The first-order valence-corrected chi connectivity index (χ1v) is 5.99. The Bertz CT molecular complexity index is 682. The smallest absolute Gasteiger partial charge is 0.357 e. The average Bonchev–Trinajstić information content (AvgIpc) is 2.45. The van der Waals surface area contributed by atoms with Crippen LogP contribution in [0.5, 0.6) is 5.75 Å². The van der Waals surface area contributed by atoms with Crippen molar-refractivity contribution in [2.24, 2.45) is 0 Å². The summed E-state index contributed by atoms with van der Waals surface area (Å²) >= 11 is 2.88. The number of methoxy groups -OCH3 is 1. The summed E-state index contributed by atoms with van der Waals surface area (Å²) in [4.78, 5) is 23.4. The molecule has 2 rings (SSSR count). The normalized spacial score (nSPS) is 10.2. The molecule has 0 unspecified atom stereocenters. The standard InChI is InChI=1S/C12H9BrN2O4/c1-19-12(18)9-10(16)8(13)11(17)15(14-9)7-5-3-2-4-6-7/h2-6,16H,1H3/p-1. The van der Waals surface area contributed by atoms with E-state index >= 15 is 0 Å². The molecule has 1 aromatic heterocycles. The monoisotopic (exact) mass is 323 g/mol. The van der Waals surface area contributed by atoms with Gasteiger partial charge in [0, 0.05) is 0 Å². The van der Waals surface area contributed by atoms with Gasteiger partial charge in [0.2, 0.25) is 0 Å². The average molecular weight is 324 g/mol. The number of aromatic nitrogens is 2. The van der Waals surface area contributed by atoms with E-state index in [4.69, 9.17) is 0 Å². The first-order valence-electron chi connectivity index (χ1n) is 5.20. The van der Waals surface area contributed by atoms with Crippen molar-refractivity contribution in [1.82, 2.24) is 9.78 Å². The summed E-state index contributed by atoms with van der Waals surface area (Å²) < 4.78 is 5.18. The summed E-state index contributed by atoms with van der Waals surface area (Å²) in [5.74, 6) is -1.68.